The van der Waals surface area contributed by atoms with E-state index in [1.165, 1.54) is 7.11 Å². The van der Waals surface area contributed by atoms with E-state index in [0.29, 0.717) is 13.1 Å². The highest BCUT2D eigenvalue weighted by molar-refractivity contribution is 7.10. The van der Waals surface area contributed by atoms with E-state index < -0.39 is 5.60 Å². The lowest BCUT2D eigenvalue weighted by atomic mass is 9.95. The van der Waals surface area contributed by atoms with E-state index in [9.17, 15) is 9.59 Å². The molecule has 2 heterocycles. The Morgan fingerprint density at radius 2 is 2.05 bits per heavy atom. The average molecular weight is 311 g/mol. The number of hydrogen-bond acceptors (Lipinski definition) is 5. The Labute approximate surface area is 128 Å². The Morgan fingerprint density at radius 1 is 1.33 bits per heavy atom. The predicted molar refractivity (Wildman–Crippen MR) is 80.4 cm³/mol. The van der Waals surface area contributed by atoms with E-state index in [0.717, 1.165) is 4.88 Å². The number of rotatable bonds is 2. The number of likely N-dealkylation sites (tertiary alicyclic amines) is 1. The van der Waals surface area contributed by atoms with Gasteiger partial charge in [-0.15, -0.1) is 11.3 Å². The third kappa shape index (κ3) is 3.75. The zero-order chi connectivity index (χ0) is 15.6. The van der Waals surface area contributed by atoms with Crippen LogP contribution in [0, 0.1) is 5.92 Å². The first kappa shape index (κ1) is 15.8. The number of amides is 1. The third-order valence-electron chi connectivity index (χ3n) is 3.38. The molecule has 2 atom stereocenters. The van der Waals surface area contributed by atoms with Gasteiger partial charge < -0.3 is 14.4 Å². The van der Waals surface area contributed by atoms with Gasteiger partial charge in [-0.25, -0.2) is 4.79 Å². The first-order valence-corrected chi connectivity index (χ1v) is 7.79. The minimum absolute atomic E-state index is 0.0232. The lowest BCUT2D eigenvalue weighted by Crippen LogP contribution is -2.36. The summed E-state index contributed by atoms with van der Waals surface area (Å²) in [6.45, 7) is 6.31. The molecule has 1 aliphatic rings. The Hall–Kier alpha value is -1.56. The van der Waals surface area contributed by atoms with E-state index in [-0.39, 0.29) is 23.9 Å². The Bertz CT molecular complexity index is 506. The number of nitrogens with zero attached hydrogens (tertiary/aromatic N) is 1. The summed E-state index contributed by atoms with van der Waals surface area (Å²) in [5, 5.41) is 1.97. The summed E-state index contributed by atoms with van der Waals surface area (Å²) < 4.78 is 10.3. The zero-order valence-electron chi connectivity index (χ0n) is 12.8. The molecule has 0 aliphatic carbocycles. The first-order chi connectivity index (χ1) is 9.81. The van der Waals surface area contributed by atoms with Gasteiger partial charge in [0.05, 0.1) is 13.0 Å². The van der Waals surface area contributed by atoms with Crippen LogP contribution in [0.5, 0.6) is 0 Å². The highest BCUT2D eigenvalue weighted by Gasteiger charge is 2.42. The van der Waals surface area contributed by atoms with Crippen LogP contribution < -0.4 is 0 Å². The molecule has 21 heavy (non-hydrogen) atoms. The van der Waals surface area contributed by atoms with Crippen molar-refractivity contribution in [2.75, 3.05) is 20.2 Å². The third-order valence-corrected chi connectivity index (χ3v) is 4.39. The van der Waals surface area contributed by atoms with Gasteiger partial charge in [0, 0.05) is 23.9 Å². The Morgan fingerprint density at radius 3 is 2.57 bits per heavy atom. The lowest BCUT2D eigenvalue weighted by molar-refractivity contribution is -0.145. The SMILES string of the molecule is COC(=O)[C@@H]1CN(C(=O)OC(C)(C)C)C[C@H]1c1cccs1. The van der Waals surface area contributed by atoms with Crippen molar-refractivity contribution >= 4 is 23.4 Å². The standard InChI is InChI=1S/C15H21NO4S/c1-15(2,3)20-14(18)16-8-10(12-6-5-7-21-12)11(9-16)13(17)19-4/h5-7,10-11H,8-9H2,1-4H3/t10-,11-/m1/s1. The van der Waals surface area contributed by atoms with Crippen LogP contribution in [0.15, 0.2) is 17.5 Å². The molecule has 1 aromatic heterocycles. The summed E-state index contributed by atoms with van der Waals surface area (Å²) in [6.07, 6.45) is -0.379. The average Bonchev–Trinajstić information content (AvgIpc) is 3.04. The number of methoxy groups -OCH3 is 1. The van der Waals surface area contributed by atoms with Gasteiger partial charge in [-0.3, -0.25) is 4.79 Å². The van der Waals surface area contributed by atoms with Gasteiger partial charge in [-0.2, -0.15) is 0 Å². The van der Waals surface area contributed by atoms with Crippen LogP contribution >= 0.6 is 11.3 Å². The van der Waals surface area contributed by atoms with E-state index >= 15 is 0 Å². The normalized spacial score (nSPS) is 22.2. The molecule has 0 radical (unpaired) electrons. The topological polar surface area (TPSA) is 55.8 Å². The number of esters is 1. The molecular weight excluding hydrogens is 290 g/mol. The minimum Gasteiger partial charge on any atom is -0.469 e. The van der Waals surface area contributed by atoms with Crippen molar-refractivity contribution in [3.63, 3.8) is 0 Å². The highest BCUT2D eigenvalue weighted by Crippen LogP contribution is 2.36. The molecule has 0 aromatic carbocycles. The first-order valence-electron chi connectivity index (χ1n) is 6.91. The minimum atomic E-state index is -0.543. The molecule has 0 bridgehead atoms. The van der Waals surface area contributed by atoms with E-state index in [4.69, 9.17) is 9.47 Å². The van der Waals surface area contributed by atoms with E-state index in [1.807, 2.05) is 38.3 Å². The van der Waals surface area contributed by atoms with Gasteiger partial charge in [-0.1, -0.05) is 6.07 Å². The molecule has 1 amide bonds. The number of hydrogen-bond donors (Lipinski definition) is 0. The fourth-order valence-electron chi connectivity index (χ4n) is 2.46. The van der Waals surface area contributed by atoms with Crippen molar-refractivity contribution in [1.29, 1.82) is 0 Å². The van der Waals surface area contributed by atoms with E-state index in [1.54, 1.807) is 16.2 Å². The molecule has 0 spiro atoms. The number of thiophene rings is 1. The van der Waals surface area contributed by atoms with Gasteiger partial charge in [0.1, 0.15) is 5.60 Å². The number of carbonyl (C=O) groups is 2. The molecule has 2 rings (SSSR count). The molecule has 116 valence electrons. The maximum Gasteiger partial charge on any atom is 0.410 e. The smallest absolute Gasteiger partial charge is 0.410 e. The maximum atomic E-state index is 12.2. The summed E-state index contributed by atoms with van der Waals surface area (Å²) >= 11 is 1.59. The predicted octanol–water partition coefficient (Wildman–Crippen LogP) is 2.87. The molecule has 0 unspecified atom stereocenters. The molecule has 6 heteroatoms. The van der Waals surface area contributed by atoms with Crippen LogP contribution in [-0.4, -0.2) is 42.8 Å². The van der Waals surface area contributed by atoms with Crippen molar-refractivity contribution in [2.45, 2.75) is 32.3 Å². The number of carbonyl (C=O) groups excluding carboxylic acids is 2. The molecule has 1 fully saturated rings. The summed E-state index contributed by atoms with van der Waals surface area (Å²) in [7, 11) is 1.38. The van der Waals surface area contributed by atoms with Gasteiger partial charge in [0.2, 0.25) is 0 Å². The van der Waals surface area contributed by atoms with Crippen LogP contribution in [-0.2, 0) is 14.3 Å². The summed E-state index contributed by atoms with van der Waals surface area (Å²) in [6, 6.07) is 3.94. The molecular formula is C15H21NO4S. The molecule has 1 aromatic rings. The highest BCUT2D eigenvalue weighted by atomic mass is 32.1. The molecule has 0 saturated carbocycles. The van der Waals surface area contributed by atoms with Crippen LogP contribution in [0.2, 0.25) is 0 Å². The maximum absolute atomic E-state index is 12.2. The summed E-state index contributed by atoms with van der Waals surface area (Å²) in [4.78, 5) is 26.9. The van der Waals surface area contributed by atoms with Gasteiger partial charge in [-0.05, 0) is 32.2 Å². The second-order valence-electron chi connectivity index (χ2n) is 6.14. The van der Waals surface area contributed by atoms with Crippen LogP contribution in [0.1, 0.15) is 31.6 Å². The lowest BCUT2D eigenvalue weighted by Gasteiger charge is -2.24. The fourth-order valence-corrected chi connectivity index (χ4v) is 3.35. The molecule has 5 nitrogen and oxygen atoms in total. The second-order valence-corrected chi connectivity index (χ2v) is 7.12. The van der Waals surface area contributed by atoms with Crippen molar-refractivity contribution in [3.05, 3.63) is 22.4 Å². The quantitative estimate of drug-likeness (QED) is 0.788. The van der Waals surface area contributed by atoms with Gasteiger partial charge >= 0.3 is 12.1 Å². The number of ether oxygens (including phenoxy) is 2. The Balaban J connectivity index is 2.14. The van der Waals surface area contributed by atoms with Crippen molar-refractivity contribution in [1.82, 2.24) is 4.90 Å². The molecule has 0 N–H and O–H groups in total. The van der Waals surface area contributed by atoms with Crippen LogP contribution in [0.25, 0.3) is 0 Å². The van der Waals surface area contributed by atoms with Crippen molar-refractivity contribution < 1.29 is 19.1 Å². The monoisotopic (exact) mass is 311 g/mol. The van der Waals surface area contributed by atoms with Gasteiger partial charge in [0.15, 0.2) is 0 Å². The molecule has 1 saturated heterocycles. The van der Waals surface area contributed by atoms with Crippen molar-refractivity contribution in [3.8, 4) is 0 Å². The summed E-state index contributed by atoms with van der Waals surface area (Å²) in [5.41, 5.74) is -0.543. The Kier molecular flexibility index (Phi) is 4.56. The fraction of sp³-hybridized carbons (Fsp3) is 0.600. The largest absolute Gasteiger partial charge is 0.469 e. The summed E-state index contributed by atoms with van der Waals surface area (Å²) in [5.74, 6) is -0.634. The van der Waals surface area contributed by atoms with Crippen LogP contribution in [0.3, 0.4) is 0 Å². The van der Waals surface area contributed by atoms with Crippen molar-refractivity contribution in [2.24, 2.45) is 5.92 Å². The second kappa shape index (κ2) is 6.05. The van der Waals surface area contributed by atoms with E-state index in [2.05, 4.69) is 0 Å². The van der Waals surface area contributed by atoms with Crippen LogP contribution in [0.4, 0.5) is 4.79 Å². The molecule has 1 aliphatic heterocycles. The van der Waals surface area contributed by atoms with Gasteiger partial charge in [0.25, 0.3) is 0 Å². The zero-order valence-corrected chi connectivity index (χ0v) is 13.6.